The number of hydrogen-bond donors (Lipinski definition) is 1. The van der Waals surface area contributed by atoms with Crippen LogP contribution in [-0.4, -0.2) is 13.7 Å². The van der Waals surface area contributed by atoms with Crippen LogP contribution in [0, 0.1) is 6.92 Å². The molecule has 1 unspecified atom stereocenters. The van der Waals surface area contributed by atoms with Crippen LogP contribution in [0.1, 0.15) is 17.2 Å². The highest BCUT2D eigenvalue weighted by molar-refractivity contribution is 5.25. The lowest BCUT2D eigenvalue weighted by Crippen LogP contribution is -2.17. The number of rotatable bonds is 3. The molecule has 0 heterocycles. The fourth-order valence-corrected chi connectivity index (χ4v) is 1.22. The summed E-state index contributed by atoms with van der Waals surface area (Å²) >= 11 is 0. The average molecular weight is 167 g/mol. The number of halogens is 1. The van der Waals surface area contributed by atoms with E-state index < -0.39 is 0 Å². The number of hydrogen-bond acceptors (Lipinski definition) is 1. The topological polar surface area (TPSA) is 12.0 Å². The van der Waals surface area contributed by atoms with Gasteiger partial charge in [-0.05, 0) is 19.5 Å². The summed E-state index contributed by atoms with van der Waals surface area (Å²) in [5, 5.41) is 2.92. The maximum atomic E-state index is 12.4. The first kappa shape index (κ1) is 9.20. The predicted molar refractivity (Wildman–Crippen MR) is 49.0 cm³/mol. The Morgan fingerprint density at radius 2 is 2.25 bits per heavy atom. The van der Waals surface area contributed by atoms with Crippen molar-refractivity contribution in [1.29, 1.82) is 0 Å². The van der Waals surface area contributed by atoms with Crippen molar-refractivity contribution in [3.05, 3.63) is 35.4 Å². The molecule has 0 aliphatic heterocycles. The summed E-state index contributed by atoms with van der Waals surface area (Å²) in [4.78, 5) is 0. The minimum absolute atomic E-state index is 0.162. The van der Waals surface area contributed by atoms with E-state index >= 15 is 0 Å². The Hall–Kier alpha value is -0.890. The molecule has 1 rings (SSSR count). The van der Waals surface area contributed by atoms with E-state index in [2.05, 4.69) is 5.32 Å². The maximum absolute atomic E-state index is 12.4. The molecule has 0 bridgehead atoms. The summed E-state index contributed by atoms with van der Waals surface area (Å²) in [7, 11) is 1.77. The summed E-state index contributed by atoms with van der Waals surface area (Å²) in [5.41, 5.74) is 2.18. The average Bonchev–Trinajstić information content (AvgIpc) is 2.07. The largest absolute Gasteiger partial charge is 0.311 e. The highest BCUT2D eigenvalue weighted by Crippen LogP contribution is 2.13. The molecule has 1 aromatic carbocycles. The SMILES string of the molecule is CNC(CF)c1cccc(C)c1. The van der Waals surface area contributed by atoms with Crippen LogP contribution >= 0.6 is 0 Å². The van der Waals surface area contributed by atoms with E-state index in [9.17, 15) is 4.39 Å². The Morgan fingerprint density at radius 3 is 2.75 bits per heavy atom. The van der Waals surface area contributed by atoms with Gasteiger partial charge in [0.1, 0.15) is 6.67 Å². The molecule has 12 heavy (non-hydrogen) atoms. The molecule has 0 spiro atoms. The first-order valence-electron chi connectivity index (χ1n) is 4.07. The van der Waals surface area contributed by atoms with Gasteiger partial charge in [0.05, 0.1) is 6.04 Å². The minimum atomic E-state index is -0.361. The number of nitrogens with one attached hydrogen (secondary N) is 1. The number of alkyl halides is 1. The van der Waals surface area contributed by atoms with Gasteiger partial charge in [-0.2, -0.15) is 0 Å². The van der Waals surface area contributed by atoms with Gasteiger partial charge in [-0.1, -0.05) is 29.8 Å². The fourth-order valence-electron chi connectivity index (χ4n) is 1.22. The molecule has 0 aliphatic carbocycles. The van der Waals surface area contributed by atoms with Gasteiger partial charge >= 0.3 is 0 Å². The zero-order valence-electron chi connectivity index (χ0n) is 7.47. The summed E-state index contributed by atoms with van der Waals surface area (Å²) in [6.07, 6.45) is 0. The molecule has 1 aromatic rings. The molecule has 0 saturated carbocycles. The molecule has 0 radical (unpaired) electrons. The Labute approximate surface area is 72.6 Å². The normalized spacial score (nSPS) is 12.9. The van der Waals surface area contributed by atoms with Gasteiger partial charge < -0.3 is 5.32 Å². The lowest BCUT2D eigenvalue weighted by molar-refractivity contribution is 0.399. The van der Waals surface area contributed by atoms with Crippen molar-refractivity contribution in [2.24, 2.45) is 0 Å². The van der Waals surface area contributed by atoms with Crippen LogP contribution < -0.4 is 5.32 Å². The molecule has 1 nitrogen and oxygen atoms in total. The van der Waals surface area contributed by atoms with Gasteiger partial charge in [0.15, 0.2) is 0 Å². The highest BCUT2D eigenvalue weighted by Gasteiger charge is 2.07. The summed E-state index contributed by atoms with van der Waals surface area (Å²) in [6.45, 7) is 1.65. The van der Waals surface area contributed by atoms with Gasteiger partial charge in [-0.3, -0.25) is 0 Å². The van der Waals surface area contributed by atoms with Crippen LogP contribution in [0.2, 0.25) is 0 Å². The molecule has 0 aromatic heterocycles. The van der Waals surface area contributed by atoms with E-state index in [-0.39, 0.29) is 12.7 Å². The van der Waals surface area contributed by atoms with E-state index in [1.54, 1.807) is 7.05 Å². The third-order valence-electron chi connectivity index (χ3n) is 1.95. The lowest BCUT2D eigenvalue weighted by Gasteiger charge is -2.12. The van der Waals surface area contributed by atoms with Crippen LogP contribution in [0.5, 0.6) is 0 Å². The first-order valence-corrected chi connectivity index (χ1v) is 4.07. The van der Waals surface area contributed by atoms with Crippen LogP contribution in [0.3, 0.4) is 0 Å². The van der Waals surface area contributed by atoms with Gasteiger partial charge in [-0.25, -0.2) is 4.39 Å². The molecule has 2 heteroatoms. The van der Waals surface area contributed by atoms with Crippen LogP contribution in [0.25, 0.3) is 0 Å². The molecule has 0 saturated heterocycles. The van der Waals surface area contributed by atoms with E-state index in [4.69, 9.17) is 0 Å². The second kappa shape index (κ2) is 4.21. The first-order chi connectivity index (χ1) is 5.77. The monoisotopic (exact) mass is 167 g/mol. The van der Waals surface area contributed by atoms with Crippen molar-refractivity contribution in [3.63, 3.8) is 0 Å². The molecule has 1 atom stereocenters. The number of aryl methyl sites for hydroxylation is 1. The Bertz CT molecular complexity index is 243. The van der Waals surface area contributed by atoms with Gasteiger partial charge in [0.2, 0.25) is 0 Å². The second-order valence-electron chi connectivity index (χ2n) is 2.91. The van der Waals surface area contributed by atoms with Crippen molar-refractivity contribution < 1.29 is 4.39 Å². The number of benzene rings is 1. The van der Waals surface area contributed by atoms with Crippen molar-refractivity contribution >= 4 is 0 Å². The fraction of sp³-hybridized carbons (Fsp3) is 0.400. The van der Waals surface area contributed by atoms with Crippen molar-refractivity contribution in [3.8, 4) is 0 Å². The molecule has 66 valence electrons. The summed E-state index contributed by atoms with van der Waals surface area (Å²) < 4.78 is 12.4. The smallest absolute Gasteiger partial charge is 0.109 e. The Kier molecular flexibility index (Phi) is 3.23. The third-order valence-corrected chi connectivity index (χ3v) is 1.95. The molecule has 1 N–H and O–H groups in total. The van der Waals surface area contributed by atoms with Crippen molar-refractivity contribution in [1.82, 2.24) is 5.32 Å². The van der Waals surface area contributed by atoms with Crippen molar-refractivity contribution in [2.75, 3.05) is 13.7 Å². The summed E-state index contributed by atoms with van der Waals surface area (Å²) in [5.74, 6) is 0. The van der Waals surface area contributed by atoms with Gasteiger partial charge in [-0.15, -0.1) is 0 Å². The van der Waals surface area contributed by atoms with Crippen LogP contribution in [0.4, 0.5) is 4.39 Å². The van der Waals surface area contributed by atoms with Gasteiger partial charge in [0.25, 0.3) is 0 Å². The summed E-state index contributed by atoms with van der Waals surface area (Å²) in [6, 6.07) is 7.73. The zero-order valence-corrected chi connectivity index (χ0v) is 7.47. The Morgan fingerprint density at radius 1 is 1.50 bits per heavy atom. The molecular formula is C10H14FN. The minimum Gasteiger partial charge on any atom is -0.311 e. The van der Waals surface area contributed by atoms with E-state index in [0.29, 0.717) is 0 Å². The molecule has 0 fully saturated rings. The van der Waals surface area contributed by atoms with E-state index in [0.717, 1.165) is 5.56 Å². The predicted octanol–water partition coefficient (Wildman–Crippen LogP) is 2.23. The van der Waals surface area contributed by atoms with Crippen molar-refractivity contribution in [2.45, 2.75) is 13.0 Å². The maximum Gasteiger partial charge on any atom is 0.109 e. The van der Waals surface area contributed by atoms with Gasteiger partial charge in [0, 0.05) is 0 Å². The third kappa shape index (κ3) is 2.05. The van der Waals surface area contributed by atoms with E-state index in [1.165, 1.54) is 5.56 Å². The Balaban J connectivity index is 2.85. The molecule has 0 amide bonds. The van der Waals surface area contributed by atoms with E-state index in [1.807, 2.05) is 31.2 Å². The second-order valence-corrected chi connectivity index (χ2v) is 2.91. The van der Waals surface area contributed by atoms with Crippen LogP contribution in [0.15, 0.2) is 24.3 Å². The highest BCUT2D eigenvalue weighted by atomic mass is 19.1. The lowest BCUT2D eigenvalue weighted by atomic mass is 10.1. The standard InChI is InChI=1S/C10H14FN/c1-8-4-3-5-9(6-8)10(7-11)12-2/h3-6,10,12H,7H2,1-2H3. The molecular weight excluding hydrogens is 153 g/mol. The molecule has 0 aliphatic rings. The zero-order chi connectivity index (χ0) is 8.97. The van der Waals surface area contributed by atoms with Crippen LogP contribution in [-0.2, 0) is 0 Å². The quantitative estimate of drug-likeness (QED) is 0.728.